The smallest absolute Gasteiger partial charge is 0.0509 e. The van der Waals surface area contributed by atoms with Crippen molar-refractivity contribution in [3.63, 3.8) is 0 Å². The van der Waals surface area contributed by atoms with Crippen LogP contribution in [0.5, 0.6) is 0 Å². The number of rotatable bonds is 3. The van der Waals surface area contributed by atoms with Crippen LogP contribution in [0.2, 0.25) is 0 Å². The Morgan fingerprint density at radius 3 is 2.88 bits per heavy atom. The molecule has 1 aromatic carbocycles. The maximum Gasteiger partial charge on any atom is 0.0509 e. The number of nitrogens with zero attached hydrogens (tertiary/aromatic N) is 1. The van der Waals surface area contributed by atoms with Crippen LogP contribution >= 0.6 is 0 Å². The average Bonchev–Trinajstić information content (AvgIpc) is 2.65. The van der Waals surface area contributed by atoms with Gasteiger partial charge in [0.25, 0.3) is 0 Å². The fourth-order valence-corrected chi connectivity index (χ4v) is 2.41. The molecule has 0 N–H and O–H groups in total. The predicted molar refractivity (Wildman–Crippen MR) is 70.2 cm³/mol. The first kappa shape index (κ1) is 11.4. The third-order valence-electron chi connectivity index (χ3n) is 3.15. The minimum atomic E-state index is 0.565. The highest BCUT2D eigenvalue weighted by atomic mass is 14.8. The Bertz CT molecular complexity index is 390. The van der Waals surface area contributed by atoms with Crippen LogP contribution in [-0.2, 0) is 0 Å². The van der Waals surface area contributed by atoms with Gasteiger partial charge in [-0.15, -0.1) is 0 Å². The number of hydrogen-bond acceptors (Lipinski definition) is 1. The van der Waals surface area contributed by atoms with E-state index < -0.39 is 0 Å². The summed E-state index contributed by atoms with van der Waals surface area (Å²) in [7, 11) is 0. The van der Waals surface area contributed by atoms with Gasteiger partial charge in [-0.05, 0) is 37.7 Å². The Morgan fingerprint density at radius 1 is 1.38 bits per heavy atom. The molecule has 1 heteroatoms. The Kier molecular flexibility index (Phi) is 3.42. The molecule has 1 aliphatic heterocycles. The molecular formula is C15H21N. The van der Waals surface area contributed by atoms with E-state index in [1.165, 1.54) is 29.7 Å². The largest absolute Gasteiger partial charge is 0.286 e. The summed E-state index contributed by atoms with van der Waals surface area (Å²) >= 11 is 0. The summed E-state index contributed by atoms with van der Waals surface area (Å²) in [4.78, 5) is 4.86. The van der Waals surface area contributed by atoms with Crippen molar-refractivity contribution in [2.75, 3.05) is 0 Å². The van der Waals surface area contributed by atoms with Crippen molar-refractivity contribution < 1.29 is 0 Å². The lowest BCUT2D eigenvalue weighted by Crippen LogP contribution is -2.03. The van der Waals surface area contributed by atoms with Crippen LogP contribution in [-0.4, -0.2) is 11.8 Å². The molecule has 1 heterocycles. The van der Waals surface area contributed by atoms with Gasteiger partial charge in [-0.1, -0.05) is 43.7 Å². The molecule has 0 radical (unpaired) electrons. The molecular weight excluding hydrogens is 194 g/mol. The number of benzene rings is 1. The zero-order valence-corrected chi connectivity index (χ0v) is 10.5. The molecule has 1 atom stereocenters. The maximum absolute atomic E-state index is 4.86. The van der Waals surface area contributed by atoms with Crippen LogP contribution in [0.1, 0.15) is 44.2 Å². The lowest BCUT2D eigenvalue weighted by molar-refractivity contribution is 0.496. The van der Waals surface area contributed by atoms with Crippen molar-refractivity contribution in [2.45, 2.75) is 46.1 Å². The van der Waals surface area contributed by atoms with E-state index in [2.05, 4.69) is 45.0 Å². The number of aryl methyl sites for hydroxylation is 1. The molecule has 0 saturated heterocycles. The van der Waals surface area contributed by atoms with Gasteiger partial charge in [0.2, 0.25) is 0 Å². The second-order valence-electron chi connectivity index (χ2n) is 5.27. The molecule has 0 saturated carbocycles. The SMILES string of the molecule is Cc1cccc(C2=NC(CC(C)C)CC2)c1. The standard InChI is InChI=1S/C15H21N/c1-11(2)9-14-7-8-15(16-14)13-6-4-5-12(3)10-13/h4-6,10-11,14H,7-9H2,1-3H3. The first-order chi connectivity index (χ1) is 7.65. The van der Waals surface area contributed by atoms with E-state index in [4.69, 9.17) is 4.99 Å². The summed E-state index contributed by atoms with van der Waals surface area (Å²) in [6.45, 7) is 6.70. The monoisotopic (exact) mass is 215 g/mol. The lowest BCUT2D eigenvalue weighted by Gasteiger charge is -2.08. The van der Waals surface area contributed by atoms with Crippen molar-refractivity contribution in [1.82, 2.24) is 0 Å². The topological polar surface area (TPSA) is 12.4 Å². The quantitative estimate of drug-likeness (QED) is 0.723. The molecule has 0 bridgehead atoms. The fraction of sp³-hybridized carbons (Fsp3) is 0.533. The van der Waals surface area contributed by atoms with Crippen LogP contribution in [0.4, 0.5) is 0 Å². The van der Waals surface area contributed by atoms with Crippen molar-refractivity contribution >= 4 is 5.71 Å². The summed E-state index contributed by atoms with van der Waals surface area (Å²) in [5.41, 5.74) is 3.97. The molecule has 16 heavy (non-hydrogen) atoms. The highest BCUT2D eigenvalue weighted by Gasteiger charge is 2.19. The first-order valence-electron chi connectivity index (χ1n) is 6.29. The number of aliphatic imine (C=N–C) groups is 1. The summed E-state index contributed by atoms with van der Waals surface area (Å²) in [5.74, 6) is 0.755. The predicted octanol–water partition coefficient (Wildman–Crippen LogP) is 3.99. The molecule has 1 unspecified atom stereocenters. The van der Waals surface area contributed by atoms with E-state index >= 15 is 0 Å². The Morgan fingerprint density at radius 2 is 2.19 bits per heavy atom. The van der Waals surface area contributed by atoms with Crippen molar-refractivity contribution in [3.05, 3.63) is 35.4 Å². The first-order valence-corrected chi connectivity index (χ1v) is 6.29. The van der Waals surface area contributed by atoms with E-state index in [1.54, 1.807) is 0 Å². The Labute approximate surface area is 98.6 Å². The highest BCUT2D eigenvalue weighted by molar-refractivity contribution is 6.01. The third-order valence-corrected chi connectivity index (χ3v) is 3.15. The zero-order valence-electron chi connectivity index (χ0n) is 10.5. The maximum atomic E-state index is 4.86. The van der Waals surface area contributed by atoms with E-state index in [9.17, 15) is 0 Å². The molecule has 0 fully saturated rings. The summed E-state index contributed by atoms with van der Waals surface area (Å²) in [6, 6.07) is 9.27. The van der Waals surface area contributed by atoms with E-state index in [0.29, 0.717) is 6.04 Å². The summed E-state index contributed by atoms with van der Waals surface area (Å²) < 4.78 is 0. The average molecular weight is 215 g/mol. The van der Waals surface area contributed by atoms with Gasteiger partial charge in [-0.2, -0.15) is 0 Å². The Balaban J connectivity index is 2.11. The van der Waals surface area contributed by atoms with Gasteiger partial charge >= 0.3 is 0 Å². The highest BCUT2D eigenvalue weighted by Crippen LogP contribution is 2.23. The minimum Gasteiger partial charge on any atom is -0.286 e. The van der Waals surface area contributed by atoms with Crippen LogP contribution in [0.3, 0.4) is 0 Å². The normalized spacial score (nSPS) is 20.2. The van der Waals surface area contributed by atoms with Crippen LogP contribution in [0, 0.1) is 12.8 Å². The van der Waals surface area contributed by atoms with Crippen molar-refractivity contribution in [3.8, 4) is 0 Å². The fourth-order valence-electron chi connectivity index (χ4n) is 2.41. The summed E-state index contributed by atoms with van der Waals surface area (Å²) in [5, 5.41) is 0. The van der Waals surface area contributed by atoms with Crippen LogP contribution < -0.4 is 0 Å². The third kappa shape index (κ3) is 2.72. The van der Waals surface area contributed by atoms with Gasteiger partial charge in [0, 0.05) is 5.71 Å². The zero-order chi connectivity index (χ0) is 11.5. The second kappa shape index (κ2) is 4.82. The van der Waals surface area contributed by atoms with Gasteiger partial charge < -0.3 is 0 Å². The van der Waals surface area contributed by atoms with Crippen molar-refractivity contribution in [1.29, 1.82) is 0 Å². The van der Waals surface area contributed by atoms with E-state index in [0.717, 1.165) is 12.3 Å². The Hall–Kier alpha value is -1.11. The molecule has 1 aliphatic rings. The van der Waals surface area contributed by atoms with Gasteiger partial charge in [0.05, 0.1) is 6.04 Å². The summed E-state index contributed by atoms with van der Waals surface area (Å²) in [6.07, 6.45) is 3.62. The van der Waals surface area contributed by atoms with Crippen molar-refractivity contribution in [2.24, 2.45) is 10.9 Å². The molecule has 0 spiro atoms. The van der Waals surface area contributed by atoms with Gasteiger partial charge in [-0.3, -0.25) is 4.99 Å². The molecule has 0 aliphatic carbocycles. The van der Waals surface area contributed by atoms with Gasteiger partial charge in [-0.25, -0.2) is 0 Å². The molecule has 1 nitrogen and oxygen atoms in total. The lowest BCUT2D eigenvalue weighted by atomic mass is 10.0. The minimum absolute atomic E-state index is 0.565. The number of hydrogen-bond donors (Lipinski definition) is 0. The molecule has 86 valence electrons. The molecule has 2 rings (SSSR count). The molecule has 0 aromatic heterocycles. The van der Waals surface area contributed by atoms with E-state index in [-0.39, 0.29) is 0 Å². The van der Waals surface area contributed by atoms with Gasteiger partial charge in [0.15, 0.2) is 0 Å². The molecule has 0 amide bonds. The molecule has 1 aromatic rings. The van der Waals surface area contributed by atoms with Crippen LogP contribution in [0.25, 0.3) is 0 Å². The van der Waals surface area contributed by atoms with Crippen LogP contribution in [0.15, 0.2) is 29.3 Å². The van der Waals surface area contributed by atoms with Gasteiger partial charge in [0.1, 0.15) is 0 Å². The second-order valence-corrected chi connectivity index (χ2v) is 5.27. The van der Waals surface area contributed by atoms with E-state index in [1.807, 2.05) is 0 Å².